The molecule has 1 amide bonds. The zero-order valence-corrected chi connectivity index (χ0v) is 10.1. The van der Waals surface area contributed by atoms with Gasteiger partial charge in [0.15, 0.2) is 0 Å². The quantitative estimate of drug-likeness (QED) is 0.610. The largest absolute Gasteiger partial charge is 0.363 e. The number of carbonyl (C=O) groups excluding carboxylic acids is 2. The topological polar surface area (TPSA) is 60.2 Å². The minimum absolute atomic E-state index is 0.0552. The summed E-state index contributed by atoms with van der Waals surface area (Å²) < 4.78 is 0. The van der Waals surface area contributed by atoms with Gasteiger partial charge in [0.05, 0.1) is 0 Å². The van der Waals surface area contributed by atoms with Crippen LogP contribution in [-0.2, 0) is 10.2 Å². The number of rotatable bonds is 2. The maximum Gasteiger partial charge on any atom is 0.289 e. The van der Waals surface area contributed by atoms with E-state index in [4.69, 9.17) is 5.73 Å². The van der Waals surface area contributed by atoms with Crippen molar-refractivity contribution in [1.82, 2.24) is 0 Å². The molecule has 0 unspecified atom stereocenters. The molecule has 0 fully saturated rings. The van der Waals surface area contributed by atoms with Crippen LogP contribution in [0.3, 0.4) is 0 Å². The normalized spacial score (nSPS) is 11.2. The number of hydrogen-bond donors (Lipinski definition) is 1. The van der Waals surface area contributed by atoms with Crippen LogP contribution in [0.1, 0.15) is 42.3 Å². The molecule has 1 rings (SSSR count). The van der Waals surface area contributed by atoms with E-state index in [-0.39, 0.29) is 5.41 Å². The van der Waals surface area contributed by atoms with Gasteiger partial charge in [0.1, 0.15) is 0 Å². The summed E-state index contributed by atoms with van der Waals surface area (Å²) in [5, 5.41) is 0. The van der Waals surface area contributed by atoms with E-state index in [1.54, 1.807) is 13.0 Å². The van der Waals surface area contributed by atoms with Crippen LogP contribution in [0, 0.1) is 6.92 Å². The minimum Gasteiger partial charge on any atom is -0.363 e. The van der Waals surface area contributed by atoms with Gasteiger partial charge in [-0.25, -0.2) is 0 Å². The molecule has 0 aliphatic rings. The lowest BCUT2D eigenvalue weighted by atomic mass is 9.85. The summed E-state index contributed by atoms with van der Waals surface area (Å²) >= 11 is 0. The van der Waals surface area contributed by atoms with Crippen LogP contribution >= 0.6 is 0 Å². The molecule has 0 atom stereocenters. The van der Waals surface area contributed by atoms with Crippen LogP contribution in [0.2, 0.25) is 0 Å². The van der Waals surface area contributed by atoms with Crippen LogP contribution in [0.5, 0.6) is 0 Å². The summed E-state index contributed by atoms with van der Waals surface area (Å²) in [5.41, 5.74) is 7.15. The molecule has 1 aromatic carbocycles. The third-order valence-electron chi connectivity index (χ3n) is 2.57. The van der Waals surface area contributed by atoms with Crippen molar-refractivity contribution in [3.8, 4) is 0 Å². The third-order valence-corrected chi connectivity index (χ3v) is 2.57. The number of benzene rings is 1. The van der Waals surface area contributed by atoms with Gasteiger partial charge >= 0.3 is 0 Å². The Morgan fingerprint density at radius 2 is 1.75 bits per heavy atom. The zero-order chi connectivity index (χ0) is 12.5. The molecule has 0 radical (unpaired) electrons. The second kappa shape index (κ2) is 4.08. The number of ketones is 1. The summed E-state index contributed by atoms with van der Waals surface area (Å²) in [6.45, 7) is 7.95. The van der Waals surface area contributed by atoms with E-state index in [1.165, 1.54) is 0 Å². The molecule has 0 saturated carbocycles. The molecule has 1 aromatic rings. The second-order valence-corrected chi connectivity index (χ2v) is 4.97. The Labute approximate surface area is 95.6 Å². The lowest BCUT2D eigenvalue weighted by Crippen LogP contribution is -2.24. The molecular weight excluding hydrogens is 202 g/mol. The van der Waals surface area contributed by atoms with Crippen molar-refractivity contribution in [3.63, 3.8) is 0 Å². The van der Waals surface area contributed by atoms with Crippen molar-refractivity contribution < 1.29 is 9.59 Å². The number of hydrogen-bond acceptors (Lipinski definition) is 2. The summed E-state index contributed by atoms with van der Waals surface area (Å²) in [7, 11) is 0. The van der Waals surface area contributed by atoms with E-state index < -0.39 is 11.7 Å². The zero-order valence-electron chi connectivity index (χ0n) is 10.1. The van der Waals surface area contributed by atoms with Crippen molar-refractivity contribution in [1.29, 1.82) is 0 Å². The first-order valence-electron chi connectivity index (χ1n) is 5.18. The lowest BCUT2D eigenvalue weighted by molar-refractivity contribution is -0.114. The molecule has 3 heteroatoms. The highest BCUT2D eigenvalue weighted by molar-refractivity contribution is 6.42. The van der Waals surface area contributed by atoms with Gasteiger partial charge in [0.25, 0.3) is 5.91 Å². The fourth-order valence-electron chi connectivity index (χ4n) is 1.47. The Balaban J connectivity index is 3.30. The van der Waals surface area contributed by atoms with Crippen molar-refractivity contribution in [2.24, 2.45) is 5.73 Å². The van der Waals surface area contributed by atoms with Gasteiger partial charge in [0, 0.05) is 5.56 Å². The smallest absolute Gasteiger partial charge is 0.289 e. The monoisotopic (exact) mass is 219 g/mol. The van der Waals surface area contributed by atoms with Gasteiger partial charge in [0.2, 0.25) is 5.78 Å². The van der Waals surface area contributed by atoms with E-state index >= 15 is 0 Å². The predicted molar refractivity (Wildman–Crippen MR) is 63.4 cm³/mol. The molecule has 0 saturated heterocycles. The standard InChI is InChI=1S/C13H17NO2/c1-8-5-6-9(13(2,3)4)7-10(8)11(15)12(14)16/h5-7H,1-4H3,(H2,14,16). The molecule has 0 heterocycles. The molecule has 0 spiro atoms. The van der Waals surface area contributed by atoms with Gasteiger partial charge in [-0.2, -0.15) is 0 Å². The van der Waals surface area contributed by atoms with E-state index in [1.807, 2.05) is 12.1 Å². The van der Waals surface area contributed by atoms with Gasteiger partial charge in [-0.1, -0.05) is 32.9 Å². The summed E-state index contributed by atoms with van der Waals surface area (Å²) in [5.74, 6) is -1.53. The highest BCUT2D eigenvalue weighted by atomic mass is 16.2. The fraction of sp³-hybridized carbons (Fsp3) is 0.385. The molecule has 0 aliphatic heterocycles. The van der Waals surface area contributed by atoms with E-state index in [0.29, 0.717) is 5.56 Å². The first-order valence-corrected chi connectivity index (χ1v) is 5.18. The third kappa shape index (κ3) is 2.48. The molecule has 0 aliphatic carbocycles. The molecule has 0 bridgehead atoms. The number of aryl methyl sites for hydroxylation is 1. The maximum atomic E-state index is 11.6. The van der Waals surface area contributed by atoms with Gasteiger partial charge in [-0.15, -0.1) is 0 Å². The summed E-state index contributed by atoms with van der Waals surface area (Å²) in [6, 6.07) is 5.56. The van der Waals surface area contributed by atoms with Gasteiger partial charge in [-0.05, 0) is 29.5 Å². The van der Waals surface area contributed by atoms with Crippen LogP contribution in [0.4, 0.5) is 0 Å². The Morgan fingerprint density at radius 1 is 1.19 bits per heavy atom. The average molecular weight is 219 g/mol. The molecule has 0 aromatic heterocycles. The van der Waals surface area contributed by atoms with Crippen LogP contribution < -0.4 is 5.73 Å². The van der Waals surface area contributed by atoms with Crippen LogP contribution in [0.15, 0.2) is 18.2 Å². The number of carbonyl (C=O) groups is 2. The number of primary amides is 1. The molecule has 86 valence electrons. The minimum atomic E-state index is -0.908. The summed E-state index contributed by atoms with van der Waals surface area (Å²) in [4.78, 5) is 22.5. The van der Waals surface area contributed by atoms with Crippen molar-refractivity contribution in [3.05, 3.63) is 34.9 Å². The Bertz CT molecular complexity index is 442. The molecular formula is C13H17NO2. The Kier molecular flexibility index (Phi) is 3.17. The second-order valence-electron chi connectivity index (χ2n) is 4.97. The van der Waals surface area contributed by atoms with Crippen molar-refractivity contribution in [2.45, 2.75) is 33.1 Å². The van der Waals surface area contributed by atoms with Crippen molar-refractivity contribution in [2.75, 3.05) is 0 Å². The number of Topliss-reactive ketones (excluding diaryl/α,β-unsaturated/α-hetero) is 1. The van der Waals surface area contributed by atoms with Crippen molar-refractivity contribution >= 4 is 11.7 Å². The highest BCUT2D eigenvalue weighted by Gasteiger charge is 2.19. The first-order chi connectivity index (χ1) is 7.23. The Morgan fingerprint density at radius 3 is 2.19 bits per heavy atom. The molecule has 3 nitrogen and oxygen atoms in total. The van der Waals surface area contributed by atoms with E-state index in [0.717, 1.165) is 11.1 Å². The number of nitrogens with two attached hydrogens (primary N) is 1. The first kappa shape index (κ1) is 12.4. The predicted octanol–water partition coefficient (Wildman–Crippen LogP) is 1.96. The van der Waals surface area contributed by atoms with E-state index in [9.17, 15) is 9.59 Å². The maximum absolute atomic E-state index is 11.6. The molecule has 16 heavy (non-hydrogen) atoms. The molecule has 2 N–H and O–H groups in total. The Hall–Kier alpha value is -1.64. The van der Waals surface area contributed by atoms with Gasteiger partial charge < -0.3 is 5.73 Å². The highest BCUT2D eigenvalue weighted by Crippen LogP contribution is 2.24. The fourth-order valence-corrected chi connectivity index (χ4v) is 1.47. The van der Waals surface area contributed by atoms with Crippen LogP contribution in [-0.4, -0.2) is 11.7 Å². The lowest BCUT2D eigenvalue weighted by Gasteiger charge is -2.20. The SMILES string of the molecule is Cc1ccc(C(C)(C)C)cc1C(=O)C(N)=O. The van der Waals surface area contributed by atoms with E-state index in [2.05, 4.69) is 20.8 Å². The summed E-state index contributed by atoms with van der Waals surface area (Å²) in [6.07, 6.45) is 0. The van der Waals surface area contributed by atoms with Gasteiger partial charge in [-0.3, -0.25) is 9.59 Å². The number of amides is 1. The average Bonchev–Trinajstić information content (AvgIpc) is 2.15. The van der Waals surface area contributed by atoms with Crippen LogP contribution in [0.25, 0.3) is 0 Å².